The number of benzene rings is 1. The van der Waals surface area contributed by atoms with Crippen LogP contribution >= 0.6 is 7.60 Å². The summed E-state index contributed by atoms with van der Waals surface area (Å²) in [6, 6.07) is 6.18. The first-order valence-electron chi connectivity index (χ1n) is 18.1. The van der Waals surface area contributed by atoms with Gasteiger partial charge in [-0.1, -0.05) is 51.3 Å². The fourth-order valence-electron chi connectivity index (χ4n) is 7.95. The Hall–Kier alpha value is -3.47. The van der Waals surface area contributed by atoms with Gasteiger partial charge in [-0.3, -0.25) is 14.2 Å². The molecule has 3 fully saturated rings. The summed E-state index contributed by atoms with van der Waals surface area (Å²) >= 11 is 0. The zero-order valence-corrected chi connectivity index (χ0v) is 30.3. The van der Waals surface area contributed by atoms with Crippen molar-refractivity contribution in [1.82, 2.24) is 20.5 Å². The van der Waals surface area contributed by atoms with Crippen LogP contribution in [0.5, 0.6) is 5.88 Å². The molecular formula is C37H51N4O8P. The van der Waals surface area contributed by atoms with Gasteiger partial charge in [-0.05, 0) is 79.9 Å². The summed E-state index contributed by atoms with van der Waals surface area (Å²) in [7, 11) is -4.30. The number of fused-ring (bicyclic) bond motifs is 3. The molecule has 2 saturated carbocycles. The number of hydrogen-bond acceptors (Lipinski definition) is 8. The molecule has 0 spiro atoms. The third kappa shape index (κ3) is 7.58. The Bertz CT molecular complexity index is 1660. The molecule has 3 unspecified atom stereocenters. The number of aromatic nitrogens is 1. The van der Waals surface area contributed by atoms with E-state index < -0.39 is 54.9 Å². The van der Waals surface area contributed by atoms with E-state index in [4.69, 9.17) is 14.0 Å². The molecule has 50 heavy (non-hydrogen) atoms. The normalized spacial score (nSPS) is 30.3. The minimum absolute atomic E-state index is 0.0129. The number of carbonyl (C=O) groups is 3. The number of alkyl carbamates (subject to hydrolysis) is 1. The summed E-state index contributed by atoms with van der Waals surface area (Å²) in [6.07, 6.45) is 9.18. The first-order chi connectivity index (χ1) is 23.9. The number of nitrogens with one attached hydrogen (secondary N) is 2. The second-order valence-electron chi connectivity index (χ2n) is 15.2. The molecule has 3 heterocycles. The Labute approximate surface area is 294 Å². The highest BCUT2D eigenvalue weighted by Gasteiger charge is 2.67. The van der Waals surface area contributed by atoms with Crippen molar-refractivity contribution in [2.45, 2.75) is 108 Å². The van der Waals surface area contributed by atoms with Gasteiger partial charge in [0.15, 0.2) is 0 Å². The van der Waals surface area contributed by atoms with Gasteiger partial charge >= 0.3 is 13.7 Å². The Balaban J connectivity index is 1.37. The van der Waals surface area contributed by atoms with Gasteiger partial charge in [-0.2, -0.15) is 0 Å². The molecule has 6 rings (SSSR count). The number of pyridine rings is 1. The average molecular weight is 711 g/mol. The van der Waals surface area contributed by atoms with Crippen molar-refractivity contribution in [2.24, 2.45) is 17.3 Å². The summed E-state index contributed by atoms with van der Waals surface area (Å²) in [6.45, 7) is 9.76. The van der Waals surface area contributed by atoms with Crippen LogP contribution in [0.4, 0.5) is 4.79 Å². The van der Waals surface area contributed by atoms with Gasteiger partial charge in [-0.15, -0.1) is 6.58 Å². The van der Waals surface area contributed by atoms with E-state index in [1.165, 1.54) is 4.90 Å². The average Bonchev–Trinajstić information content (AvgIpc) is 3.66. The van der Waals surface area contributed by atoms with Gasteiger partial charge in [0.2, 0.25) is 17.7 Å². The highest BCUT2D eigenvalue weighted by molar-refractivity contribution is 7.55. The quantitative estimate of drug-likeness (QED) is 0.237. The van der Waals surface area contributed by atoms with Crippen molar-refractivity contribution in [3.8, 4) is 5.88 Å². The van der Waals surface area contributed by atoms with E-state index >= 15 is 0 Å². The van der Waals surface area contributed by atoms with Crippen LogP contribution in [0.25, 0.3) is 10.8 Å². The van der Waals surface area contributed by atoms with E-state index in [0.29, 0.717) is 5.88 Å². The van der Waals surface area contributed by atoms with Crippen LogP contribution in [0.2, 0.25) is 0 Å². The van der Waals surface area contributed by atoms with Gasteiger partial charge < -0.3 is 34.4 Å². The highest BCUT2D eigenvalue weighted by Crippen LogP contribution is 2.70. The minimum atomic E-state index is -4.30. The van der Waals surface area contributed by atoms with Gasteiger partial charge in [0.25, 0.3) is 0 Å². The number of amides is 3. The van der Waals surface area contributed by atoms with Gasteiger partial charge in [0.1, 0.15) is 23.5 Å². The van der Waals surface area contributed by atoms with E-state index in [-0.39, 0.29) is 43.9 Å². The lowest BCUT2D eigenvalue weighted by molar-refractivity contribution is -0.141. The predicted octanol–water partition coefficient (Wildman–Crippen LogP) is 5.86. The van der Waals surface area contributed by atoms with E-state index in [9.17, 15) is 23.8 Å². The Morgan fingerprint density at radius 1 is 1.22 bits per heavy atom. The lowest BCUT2D eigenvalue weighted by Crippen LogP contribution is -2.57. The molecule has 6 atom stereocenters. The van der Waals surface area contributed by atoms with Crippen LogP contribution in [0, 0.1) is 17.3 Å². The molecule has 0 radical (unpaired) electrons. The number of hydrogen-bond donors (Lipinski definition) is 3. The van der Waals surface area contributed by atoms with Crippen molar-refractivity contribution in [2.75, 3.05) is 19.8 Å². The van der Waals surface area contributed by atoms with Crippen LogP contribution in [0.1, 0.15) is 84.1 Å². The predicted molar refractivity (Wildman–Crippen MR) is 188 cm³/mol. The lowest BCUT2D eigenvalue weighted by Gasteiger charge is -2.35. The van der Waals surface area contributed by atoms with Crippen molar-refractivity contribution in [3.63, 3.8) is 0 Å². The number of carbonyl (C=O) groups excluding carboxylic acids is 3. The fraction of sp³-hybridized carbons (Fsp3) is 0.622. The summed E-state index contributed by atoms with van der Waals surface area (Å²) in [5, 5.41) is 6.00. The molecule has 3 N–H and O–H groups in total. The summed E-state index contributed by atoms with van der Waals surface area (Å²) < 4.78 is 30.9. The molecule has 1 aromatic carbocycles. The third-order valence-electron chi connectivity index (χ3n) is 10.9. The van der Waals surface area contributed by atoms with E-state index in [0.717, 1.165) is 67.7 Å². The molecule has 3 amide bonds. The summed E-state index contributed by atoms with van der Waals surface area (Å²) in [5.41, 5.74) is 0.830. The van der Waals surface area contributed by atoms with Crippen molar-refractivity contribution in [3.05, 3.63) is 48.7 Å². The van der Waals surface area contributed by atoms with Gasteiger partial charge in [0.05, 0.1) is 19.8 Å². The molecule has 1 saturated heterocycles. The number of cyclic esters (lactones) is 1. The van der Waals surface area contributed by atoms with Gasteiger partial charge in [-0.25, -0.2) is 9.78 Å². The maximum Gasteiger partial charge on any atom is 0.407 e. The molecule has 1 aromatic heterocycles. The van der Waals surface area contributed by atoms with Crippen LogP contribution in [0.3, 0.4) is 0 Å². The van der Waals surface area contributed by atoms with Crippen LogP contribution < -0.4 is 15.4 Å². The molecular weight excluding hydrogens is 659 g/mol. The number of rotatable bonds is 7. The number of nitrogens with zero attached hydrogens (tertiary/aromatic N) is 2. The molecule has 13 heteroatoms. The Morgan fingerprint density at radius 2 is 2.00 bits per heavy atom. The number of ether oxygens (including phenoxy) is 2. The number of aryl methyl sites for hydroxylation is 1. The molecule has 12 nitrogen and oxygen atoms in total. The SMILES string of the molecule is C=CC1CC1(NC(=O)[C@@H]1C[C@@H]2CN1C(=O)[C@H](C1CCCCC1)NC(=O)OCC(C)(C)CCCc1ccc3ccnc(c3c1)O2)P(=O)(O)OCC. The van der Waals surface area contributed by atoms with Crippen molar-refractivity contribution in [1.29, 1.82) is 0 Å². The summed E-state index contributed by atoms with van der Waals surface area (Å²) in [5.74, 6) is -1.20. The molecule has 272 valence electrons. The second kappa shape index (κ2) is 14.6. The topological polar surface area (TPSA) is 156 Å². The summed E-state index contributed by atoms with van der Waals surface area (Å²) in [4.78, 5) is 59.2. The zero-order chi connectivity index (χ0) is 35.7. The van der Waals surface area contributed by atoms with Crippen LogP contribution in [-0.4, -0.2) is 75.9 Å². The standard InChI is InChI=1S/C37H51N4O8P/c1-5-27-21-37(27,50(45,46)48-6-2)40-32(42)30-20-28-22-41(30)34(43)31(26-12-8-7-9-13-26)39-35(44)47-23-36(3,4)17-10-11-24-14-15-25-16-18-38-33(49-28)29(25)19-24/h5,14-16,18-19,26-28,30-31H,1,6-13,17,20-23H2,2-4H3,(H,39,44)(H,40,42)(H,45,46)/t27?,28-,30+,31+,37?/m1/s1. The van der Waals surface area contributed by atoms with Crippen molar-refractivity contribution < 1.29 is 37.8 Å². The smallest absolute Gasteiger partial charge is 0.407 e. The second-order valence-corrected chi connectivity index (χ2v) is 17.3. The van der Waals surface area contributed by atoms with E-state index in [2.05, 4.69) is 48.2 Å². The first kappa shape index (κ1) is 36.3. The fourth-order valence-corrected chi connectivity index (χ4v) is 9.74. The van der Waals surface area contributed by atoms with Crippen LogP contribution in [0.15, 0.2) is 43.1 Å². The minimum Gasteiger partial charge on any atom is -0.472 e. The molecule has 2 aliphatic carbocycles. The largest absolute Gasteiger partial charge is 0.472 e. The monoisotopic (exact) mass is 710 g/mol. The molecule has 2 aromatic rings. The molecule has 2 aliphatic heterocycles. The van der Waals surface area contributed by atoms with Crippen molar-refractivity contribution >= 4 is 36.3 Å². The molecule has 4 aliphatic rings. The first-order valence-corrected chi connectivity index (χ1v) is 19.6. The maximum absolute atomic E-state index is 14.7. The Morgan fingerprint density at radius 3 is 2.72 bits per heavy atom. The lowest BCUT2D eigenvalue weighted by atomic mass is 9.83. The highest BCUT2D eigenvalue weighted by atomic mass is 31.2. The third-order valence-corrected chi connectivity index (χ3v) is 13.2. The molecule has 4 bridgehead atoms. The maximum atomic E-state index is 14.7. The van der Waals surface area contributed by atoms with E-state index in [1.54, 1.807) is 19.2 Å². The Kier molecular flexibility index (Phi) is 10.6. The van der Waals surface area contributed by atoms with E-state index in [1.807, 2.05) is 12.1 Å². The van der Waals surface area contributed by atoms with Gasteiger partial charge in [0, 0.05) is 23.9 Å². The van der Waals surface area contributed by atoms with Crippen LogP contribution in [-0.2, 0) is 29.8 Å². The zero-order valence-electron chi connectivity index (χ0n) is 29.4.